The summed E-state index contributed by atoms with van der Waals surface area (Å²) in [6.07, 6.45) is 4.43. The number of pyridine rings is 1. The highest BCUT2D eigenvalue weighted by atomic mass is 32.1. The molecular formula is C20H25N5O2S. The summed E-state index contributed by atoms with van der Waals surface area (Å²) >= 11 is 1.44. The second-order valence-electron chi connectivity index (χ2n) is 7.84. The zero-order chi connectivity index (χ0) is 19.6. The summed E-state index contributed by atoms with van der Waals surface area (Å²) in [5.74, 6) is 0.0816. The topological polar surface area (TPSA) is 78.4 Å². The van der Waals surface area contributed by atoms with E-state index in [1.165, 1.54) is 11.3 Å². The van der Waals surface area contributed by atoms with Crippen molar-refractivity contribution in [2.45, 2.75) is 31.8 Å². The maximum absolute atomic E-state index is 12.7. The molecule has 1 atom stereocenters. The van der Waals surface area contributed by atoms with Crippen molar-refractivity contribution >= 4 is 23.2 Å². The van der Waals surface area contributed by atoms with Crippen molar-refractivity contribution in [2.75, 3.05) is 26.7 Å². The first-order valence-corrected chi connectivity index (χ1v) is 10.6. The summed E-state index contributed by atoms with van der Waals surface area (Å²) in [6.45, 7) is 2.80. The first-order chi connectivity index (χ1) is 13.6. The summed E-state index contributed by atoms with van der Waals surface area (Å²) in [6, 6.07) is 5.58. The molecule has 8 heteroatoms. The molecular weight excluding hydrogens is 374 g/mol. The number of amides is 2. The van der Waals surface area contributed by atoms with E-state index in [1.807, 2.05) is 30.1 Å². The molecule has 0 bridgehead atoms. The summed E-state index contributed by atoms with van der Waals surface area (Å²) in [5.41, 5.74) is 3.20. The summed E-state index contributed by atoms with van der Waals surface area (Å²) < 4.78 is 0. The maximum Gasteiger partial charge on any atom is 0.273 e. The van der Waals surface area contributed by atoms with Gasteiger partial charge in [-0.25, -0.2) is 4.98 Å². The average molecular weight is 400 g/mol. The minimum absolute atomic E-state index is 0.0205. The smallest absolute Gasteiger partial charge is 0.273 e. The minimum Gasteiger partial charge on any atom is -0.349 e. The lowest BCUT2D eigenvalue weighted by molar-refractivity contribution is -0.125. The Morgan fingerprint density at radius 2 is 2.11 bits per heavy atom. The molecule has 0 aliphatic carbocycles. The highest BCUT2D eigenvalue weighted by Crippen LogP contribution is 2.43. The van der Waals surface area contributed by atoms with Gasteiger partial charge in [0.05, 0.1) is 23.8 Å². The molecule has 7 nitrogen and oxygen atoms in total. The zero-order valence-electron chi connectivity index (χ0n) is 16.0. The van der Waals surface area contributed by atoms with Gasteiger partial charge < -0.3 is 10.2 Å². The largest absolute Gasteiger partial charge is 0.349 e. The summed E-state index contributed by atoms with van der Waals surface area (Å²) in [5, 5.41) is 4.83. The molecule has 28 heavy (non-hydrogen) atoms. The van der Waals surface area contributed by atoms with Gasteiger partial charge in [0.2, 0.25) is 5.91 Å². The second kappa shape index (κ2) is 7.97. The third-order valence-electron chi connectivity index (χ3n) is 5.98. The molecule has 2 aliphatic rings. The van der Waals surface area contributed by atoms with Crippen molar-refractivity contribution < 1.29 is 9.59 Å². The van der Waals surface area contributed by atoms with Crippen LogP contribution in [0.1, 0.15) is 35.4 Å². The van der Waals surface area contributed by atoms with E-state index < -0.39 is 0 Å². The molecule has 1 spiro atoms. The lowest BCUT2D eigenvalue weighted by Gasteiger charge is -2.39. The number of likely N-dealkylation sites (N-methyl/N-ethyl adjacent to an activating group) is 1. The van der Waals surface area contributed by atoms with Gasteiger partial charge in [-0.3, -0.25) is 19.5 Å². The Bertz CT molecular complexity index is 818. The van der Waals surface area contributed by atoms with E-state index in [0.717, 1.165) is 44.6 Å². The number of hydrogen-bond donors (Lipinski definition) is 1. The van der Waals surface area contributed by atoms with E-state index in [-0.39, 0.29) is 23.3 Å². The molecule has 0 aromatic carbocycles. The van der Waals surface area contributed by atoms with Crippen LogP contribution in [0.4, 0.5) is 0 Å². The number of thiazole rings is 1. The van der Waals surface area contributed by atoms with Crippen LogP contribution >= 0.6 is 11.3 Å². The van der Waals surface area contributed by atoms with E-state index >= 15 is 0 Å². The van der Waals surface area contributed by atoms with E-state index in [1.54, 1.807) is 17.1 Å². The van der Waals surface area contributed by atoms with E-state index in [2.05, 4.69) is 20.2 Å². The van der Waals surface area contributed by atoms with Crippen LogP contribution in [0.15, 0.2) is 35.3 Å². The van der Waals surface area contributed by atoms with Crippen LogP contribution in [0, 0.1) is 5.41 Å². The van der Waals surface area contributed by atoms with Crippen LogP contribution in [0.3, 0.4) is 0 Å². The number of carbonyl (C=O) groups excluding carboxylic acids is 2. The van der Waals surface area contributed by atoms with Gasteiger partial charge in [0.1, 0.15) is 5.69 Å². The molecule has 4 heterocycles. The average Bonchev–Trinajstić information content (AvgIpc) is 3.36. The standard InChI is InChI=1S/C20H25N5O2S/c1-24-13-20(5-8-25(9-6-20)19(27)16-12-28-14-23-16)10-17(24)18(26)22-11-15-4-2-3-7-21-15/h2-4,7,12,14,17H,5-6,8-11,13H2,1H3,(H,22,26). The molecule has 2 aromatic rings. The van der Waals surface area contributed by atoms with Gasteiger partial charge >= 0.3 is 0 Å². The molecule has 148 valence electrons. The number of carbonyl (C=O) groups is 2. The molecule has 2 amide bonds. The van der Waals surface area contributed by atoms with Gasteiger partial charge in [-0.15, -0.1) is 11.3 Å². The molecule has 2 aliphatic heterocycles. The van der Waals surface area contributed by atoms with Gasteiger partial charge in [-0.05, 0) is 43.9 Å². The number of rotatable bonds is 4. The Labute approximate surface area is 168 Å². The number of hydrogen-bond acceptors (Lipinski definition) is 6. The van der Waals surface area contributed by atoms with Crippen LogP contribution in [0.25, 0.3) is 0 Å². The number of piperidine rings is 1. The van der Waals surface area contributed by atoms with Crippen molar-refractivity contribution in [3.63, 3.8) is 0 Å². The molecule has 1 unspecified atom stereocenters. The quantitative estimate of drug-likeness (QED) is 0.848. The van der Waals surface area contributed by atoms with Gasteiger partial charge in [0, 0.05) is 31.2 Å². The minimum atomic E-state index is -0.121. The molecule has 2 aromatic heterocycles. The highest BCUT2D eigenvalue weighted by molar-refractivity contribution is 7.07. The van der Waals surface area contributed by atoms with Crippen molar-refractivity contribution in [2.24, 2.45) is 5.41 Å². The van der Waals surface area contributed by atoms with Gasteiger partial charge in [-0.1, -0.05) is 6.07 Å². The summed E-state index contributed by atoms with van der Waals surface area (Å²) in [7, 11) is 2.02. The molecule has 2 saturated heterocycles. The zero-order valence-corrected chi connectivity index (χ0v) is 16.8. The molecule has 0 radical (unpaired) electrons. The summed E-state index contributed by atoms with van der Waals surface area (Å²) in [4.78, 5) is 37.7. The number of nitrogens with one attached hydrogen (secondary N) is 1. The number of aromatic nitrogens is 2. The third kappa shape index (κ3) is 3.93. The monoisotopic (exact) mass is 399 g/mol. The van der Waals surface area contributed by atoms with Crippen LogP contribution < -0.4 is 5.32 Å². The van der Waals surface area contributed by atoms with Gasteiger partial charge in [-0.2, -0.15) is 0 Å². The third-order valence-corrected chi connectivity index (χ3v) is 6.56. The molecule has 0 saturated carbocycles. The lowest BCUT2D eigenvalue weighted by atomic mass is 9.76. The maximum atomic E-state index is 12.7. The fourth-order valence-electron chi connectivity index (χ4n) is 4.39. The van der Waals surface area contributed by atoms with Crippen molar-refractivity contribution in [3.8, 4) is 0 Å². The van der Waals surface area contributed by atoms with E-state index in [4.69, 9.17) is 0 Å². The van der Waals surface area contributed by atoms with Crippen molar-refractivity contribution in [1.82, 2.24) is 25.1 Å². The van der Waals surface area contributed by atoms with Crippen LogP contribution in [0.2, 0.25) is 0 Å². The van der Waals surface area contributed by atoms with E-state index in [0.29, 0.717) is 12.2 Å². The second-order valence-corrected chi connectivity index (χ2v) is 8.56. The highest BCUT2D eigenvalue weighted by Gasteiger charge is 2.47. The Hall–Kier alpha value is -2.32. The van der Waals surface area contributed by atoms with Gasteiger partial charge in [0.25, 0.3) is 5.91 Å². The van der Waals surface area contributed by atoms with Crippen molar-refractivity contribution in [1.29, 1.82) is 0 Å². The molecule has 1 N–H and O–H groups in total. The van der Waals surface area contributed by atoms with E-state index in [9.17, 15) is 9.59 Å². The number of nitrogens with zero attached hydrogens (tertiary/aromatic N) is 4. The van der Waals surface area contributed by atoms with Crippen LogP contribution in [0.5, 0.6) is 0 Å². The predicted octanol–water partition coefficient (Wildman–Crippen LogP) is 1.78. The van der Waals surface area contributed by atoms with Crippen LogP contribution in [-0.2, 0) is 11.3 Å². The Kier molecular flexibility index (Phi) is 5.41. The predicted molar refractivity (Wildman–Crippen MR) is 107 cm³/mol. The number of likely N-dealkylation sites (tertiary alicyclic amines) is 2. The Morgan fingerprint density at radius 3 is 2.79 bits per heavy atom. The fraction of sp³-hybridized carbons (Fsp3) is 0.500. The SMILES string of the molecule is CN1CC2(CCN(C(=O)c3cscn3)CC2)CC1C(=O)NCc1ccccn1. The first kappa shape index (κ1) is 19.0. The lowest BCUT2D eigenvalue weighted by Crippen LogP contribution is -2.44. The van der Waals surface area contributed by atoms with Gasteiger partial charge in [0.15, 0.2) is 0 Å². The first-order valence-electron chi connectivity index (χ1n) is 9.62. The van der Waals surface area contributed by atoms with Crippen molar-refractivity contribution in [3.05, 3.63) is 46.7 Å². The Balaban J connectivity index is 1.32. The Morgan fingerprint density at radius 1 is 1.29 bits per heavy atom. The fourth-order valence-corrected chi connectivity index (χ4v) is 4.91. The van der Waals surface area contributed by atoms with Crippen LogP contribution in [-0.4, -0.2) is 64.3 Å². The normalized spacial score (nSPS) is 21.8. The molecule has 4 rings (SSSR count). The molecule has 2 fully saturated rings.